The molecule has 1 saturated heterocycles. The average molecular weight is 224 g/mol. The van der Waals surface area contributed by atoms with Crippen molar-refractivity contribution in [3.63, 3.8) is 0 Å². The van der Waals surface area contributed by atoms with Crippen molar-refractivity contribution in [3.8, 4) is 0 Å². The van der Waals surface area contributed by atoms with Crippen LogP contribution in [0.4, 0.5) is 0 Å². The zero-order valence-electron chi connectivity index (χ0n) is 9.27. The third-order valence-electron chi connectivity index (χ3n) is 2.88. The number of primary amides is 1. The second-order valence-corrected chi connectivity index (χ2v) is 3.95. The first-order valence-electron chi connectivity index (χ1n) is 5.31. The summed E-state index contributed by atoms with van der Waals surface area (Å²) in [6.45, 7) is 4.73. The van der Waals surface area contributed by atoms with E-state index >= 15 is 0 Å². The number of nitrogens with zero attached hydrogens (tertiary/aromatic N) is 2. The van der Waals surface area contributed by atoms with Crippen LogP contribution in [0.3, 0.4) is 0 Å². The third kappa shape index (κ3) is 2.23. The van der Waals surface area contributed by atoms with Crippen molar-refractivity contribution in [1.29, 1.82) is 0 Å². The molecule has 2 heterocycles. The number of carbonyl (C=O) groups excluding carboxylic acids is 1. The van der Waals surface area contributed by atoms with E-state index in [1.54, 1.807) is 0 Å². The molecule has 0 aromatic carbocycles. The topological polar surface area (TPSA) is 84.4 Å². The van der Waals surface area contributed by atoms with E-state index in [1.807, 2.05) is 11.8 Å². The molecular weight excluding hydrogens is 208 g/mol. The van der Waals surface area contributed by atoms with E-state index in [-0.39, 0.29) is 11.9 Å². The molecule has 0 bridgehead atoms. The molecule has 1 aliphatic heterocycles. The number of oxazole rings is 1. The summed E-state index contributed by atoms with van der Waals surface area (Å²) in [4.78, 5) is 17.4. The maximum Gasteiger partial charge on any atom is 0.236 e. The average Bonchev–Trinajstić information content (AvgIpc) is 2.65. The molecule has 1 fully saturated rings. The lowest BCUT2D eigenvalue weighted by Gasteiger charge is -2.33. The number of hydrogen-bond donors (Lipinski definition) is 2. The Morgan fingerprint density at radius 3 is 3.25 bits per heavy atom. The Bertz CT molecular complexity index is 377. The number of aromatic nitrogens is 1. The highest BCUT2D eigenvalue weighted by Gasteiger charge is 2.27. The summed E-state index contributed by atoms with van der Waals surface area (Å²) in [5.74, 6) is 0.495. The molecule has 88 valence electrons. The van der Waals surface area contributed by atoms with Crippen LogP contribution in [-0.4, -0.2) is 41.5 Å². The van der Waals surface area contributed by atoms with Crippen molar-refractivity contribution in [3.05, 3.63) is 17.8 Å². The van der Waals surface area contributed by atoms with Crippen molar-refractivity contribution in [1.82, 2.24) is 15.2 Å². The molecule has 1 amide bonds. The summed E-state index contributed by atoms with van der Waals surface area (Å²) in [6, 6.07) is -0.259. The molecule has 1 aliphatic rings. The molecule has 2 rings (SSSR count). The summed E-state index contributed by atoms with van der Waals surface area (Å²) in [5, 5.41) is 3.15. The molecule has 1 atom stereocenters. The van der Waals surface area contributed by atoms with Gasteiger partial charge in [0.25, 0.3) is 0 Å². The van der Waals surface area contributed by atoms with Crippen molar-refractivity contribution < 1.29 is 9.21 Å². The zero-order valence-corrected chi connectivity index (χ0v) is 9.27. The van der Waals surface area contributed by atoms with Gasteiger partial charge in [-0.15, -0.1) is 0 Å². The molecule has 1 unspecified atom stereocenters. The summed E-state index contributed by atoms with van der Waals surface area (Å²) in [5.41, 5.74) is 6.23. The van der Waals surface area contributed by atoms with Crippen LogP contribution >= 0.6 is 0 Å². The minimum atomic E-state index is -0.298. The van der Waals surface area contributed by atoms with E-state index in [9.17, 15) is 4.79 Å². The van der Waals surface area contributed by atoms with E-state index in [1.165, 1.54) is 6.39 Å². The van der Waals surface area contributed by atoms with Gasteiger partial charge in [-0.1, -0.05) is 0 Å². The molecule has 0 aliphatic carbocycles. The number of nitrogens with one attached hydrogen (secondary N) is 1. The number of hydrogen-bond acceptors (Lipinski definition) is 5. The van der Waals surface area contributed by atoms with E-state index in [0.29, 0.717) is 13.1 Å². The highest BCUT2D eigenvalue weighted by Crippen LogP contribution is 2.12. The lowest BCUT2D eigenvalue weighted by molar-refractivity contribution is -0.124. The van der Waals surface area contributed by atoms with Gasteiger partial charge in [-0.3, -0.25) is 9.69 Å². The summed E-state index contributed by atoms with van der Waals surface area (Å²) < 4.78 is 5.13. The lowest BCUT2D eigenvalue weighted by Crippen LogP contribution is -2.56. The highest BCUT2D eigenvalue weighted by atomic mass is 16.3. The van der Waals surface area contributed by atoms with Crippen molar-refractivity contribution in [2.75, 3.05) is 19.6 Å². The minimum Gasteiger partial charge on any atom is -0.448 e. The minimum absolute atomic E-state index is 0.259. The number of rotatable bonds is 3. The molecular formula is C10H16N4O2. The molecule has 6 heteroatoms. The molecule has 0 radical (unpaired) electrons. The van der Waals surface area contributed by atoms with Crippen molar-refractivity contribution >= 4 is 5.91 Å². The van der Waals surface area contributed by atoms with E-state index in [2.05, 4.69) is 10.3 Å². The standard InChI is InChI=1S/C10H16N4O2/c1-7-8(13-6-16-7)5-14-3-2-12-4-9(14)10(11)15/h6,9,12H,2-5H2,1H3,(H2,11,15). The number of amides is 1. The van der Waals surface area contributed by atoms with Gasteiger partial charge in [0.05, 0.1) is 5.69 Å². The second kappa shape index (κ2) is 4.63. The fraction of sp³-hybridized carbons (Fsp3) is 0.600. The first-order valence-corrected chi connectivity index (χ1v) is 5.31. The van der Waals surface area contributed by atoms with Gasteiger partial charge in [-0.2, -0.15) is 0 Å². The van der Waals surface area contributed by atoms with Gasteiger partial charge in [0, 0.05) is 26.2 Å². The first kappa shape index (κ1) is 11.1. The number of aryl methyl sites for hydroxylation is 1. The Kier molecular flexibility index (Phi) is 3.21. The molecule has 3 N–H and O–H groups in total. The van der Waals surface area contributed by atoms with Crippen LogP contribution in [0, 0.1) is 6.92 Å². The molecule has 0 saturated carbocycles. The predicted molar refractivity (Wildman–Crippen MR) is 57.5 cm³/mol. The second-order valence-electron chi connectivity index (χ2n) is 3.95. The molecule has 1 aromatic heterocycles. The summed E-state index contributed by atoms with van der Waals surface area (Å²) in [6.07, 6.45) is 1.42. The van der Waals surface area contributed by atoms with E-state index in [0.717, 1.165) is 24.5 Å². The van der Waals surface area contributed by atoms with Gasteiger partial charge in [0.1, 0.15) is 11.8 Å². The first-order chi connectivity index (χ1) is 7.68. The summed E-state index contributed by atoms with van der Waals surface area (Å²) in [7, 11) is 0. The van der Waals surface area contributed by atoms with Gasteiger partial charge < -0.3 is 15.5 Å². The quantitative estimate of drug-likeness (QED) is 0.705. The van der Waals surface area contributed by atoms with Crippen LogP contribution < -0.4 is 11.1 Å². The number of carbonyl (C=O) groups is 1. The Morgan fingerprint density at radius 2 is 2.62 bits per heavy atom. The maximum absolute atomic E-state index is 11.3. The number of nitrogens with two attached hydrogens (primary N) is 1. The Labute approximate surface area is 93.8 Å². The van der Waals surface area contributed by atoms with Gasteiger partial charge in [-0.05, 0) is 6.92 Å². The fourth-order valence-corrected chi connectivity index (χ4v) is 1.89. The van der Waals surface area contributed by atoms with Crippen molar-refractivity contribution in [2.45, 2.75) is 19.5 Å². The normalized spacial score (nSPS) is 22.2. The van der Waals surface area contributed by atoms with Crippen LogP contribution in [0.1, 0.15) is 11.5 Å². The maximum atomic E-state index is 11.3. The Balaban J connectivity index is 2.07. The van der Waals surface area contributed by atoms with Gasteiger partial charge in [0.15, 0.2) is 6.39 Å². The van der Waals surface area contributed by atoms with E-state index < -0.39 is 0 Å². The fourth-order valence-electron chi connectivity index (χ4n) is 1.89. The van der Waals surface area contributed by atoms with Crippen LogP contribution in [0.5, 0.6) is 0 Å². The third-order valence-corrected chi connectivity index (χ3v) is 2.88. The van der Waals surface area contributed by atoms with Crippen LogP contribution in [-0.2, 0) is 11.3 Å². The van der Waals surface area contributed by atoms with Gasteiger partial charge in [-0.25, -0.2) is 4.98 Å². The number of piperazine rings is 1. The van der Waals surface area contributed by atoms with Gasteiger partial charge in [0.2, 0.25) is 5.91 Å². The highest BCUT2D eigenvalue weighted by molar-refractivity contribution is 5.80. The monoisotopic (exact) mass is 224 g/mol. The van der Waals surface area contributed by atoms with Gasteiger partial charge >= 0.3 is 0 Å². The van der Waals surface area contributed by atoms with Crippen molar-refractivity contribution in [2.24, 2.45) is 5.73 Å². The largest absolute Gasteiger partial charge is 0.448 e. The SMILES string of the molecule is Cc1ocnc1CN1CCNCC1C(N)=O. The van der Waals surface area contributed by atoms with E-state index in [4.69, 9.17) is 10.2 Å². The molecule has 6 nitrogen and oxygen atoms in total. The zero-order chi connectivity index (χ0) is 11.5. The molecule has 16 heavy (non-hydrogen) atoms. The van der Waals surface area contributed by atoms with Crippen LogP contribution in [0.2, 0.25) is 0 Å². The predicted octanol–water partition coefficient (Wildman–Crippen LogP) is -0.758. The van der Waals surface area contributed by atoms with Crippen LogP contribution in [0.15, 0.2) is 10.8 Å². The van der Waals surface area contributed by atoms with Crippen LogP contribution in [0.25, 0.3) is 0 Å². The molecule has 0 spiro atoms. The smallest absolute Gasteiger partial charge is 0.236 e. The summed E-state index contributed by atoms with van der Waals surface area (Å²) >= 11 is 0. The molecule has 1 aromatic rings. The Hall–Kier alpha value is -1.40. The Morgan fingerprint density at radius 1 is 1.81 bits per heavy atom. The lowest BCUT2D eigenvalue weighted by atomic mass is 10.1.